The fourth-order valence-electron chi connectivity index (χ4n) is 11.0. The Hall–Kier alpha value is -4.31. The molecular formula is C87H150O16P2. The monoisotopic (exact) mass is 1510 g/mol. The Balaban J connectivity index is 4.56. The van der Waals surface area contributed by atoms with Crippen LogP contribution in [-0.2, 0) is 55.8 Å². The molecule has 0 bridgehead atoms. The molecule has 0 aromatic heterocycles. The van der Waals surface area contributed by atoms with E-state index in [1.165, 1.54) is 122 Å². The number of carbonyl (C=O) groups excluding carboxylic acids is 3. The van der Waals surface area contributed by atoms with Crippen LogP contribution in [0.1, 0.15) is 342 Å². The largest absolute Gasteiger partial charge is 0.472 e. The molecule has 0 saturated carbocycles. The number of aliphatic hydroxyl groups excluding tert-OH is 2. The predicted octanol–water partition coefficient (Wildman–Crippen LogP) is 24.7. The quantitative estimate of drug-likeness (QED) is 0.0146. The van der Waals surface area contributed by atoms with Gasteiger partial charge in [-0.15, -0.1) is 0 Å². The Morgan fingerprint density at radius 3 is 0.829 bits per heavy atom. The van der Waals surface area contributed by atoms with Gasteiger partial charge >= 0.3 is 33.6 Å². The third-order valence-electron chi connectivity index (χ3n) is 17.3. The maximum atomic E-state index is 13.0. The summed E-state index contributed by atoms with van der Waals surface area (Å²) in [4.78, 5) is 58.7. The van der Waals surface area contributed by atoms with Crippen molar-refractivity contribution in [2.75, 3.05) is 39.6 Å². The van der Waals surface area contributed by atoms with Gasteiger partial charge < -0.3 is 34.2 Å². The van der Waals surface area contributed by atoms with Gasteiger partial charge in [-0.2, -0.15) is 0 Å². The zero-order valence-corrected chi connectivity index (χ0v) is 67.9. The van der Waals surface area contributed by atoms with E-state index in [-0.39, 0.29) is 19.3 Å². The van der Waals surface area contributed by atoms with E-state index >= 15 is 0 Å². The number of carbonyl (C=O) groups is 3. The maximum Gasteiger partial charge on any atom is 0.472 e. The number of aliphatic hydroxyl groups is 2. The smallest absolute Gasteiger partial charge is 0.463 e. The first-order valence-corrected chi connectivity index (χ1v) is 44.5. The number of esters is 3. The molecule has 105 heavy (non-hydrogen) atoms. The van der Waals surface area contributed by atoms with E-state index in [0.29, 0.717) is 19.3 Å². The van der Waals surface area contributed by atoms with Crippen LogP contribution in [0.2, 0.25) is 0 Å². The fourth-order valence-corrected chi connectivity index (χ4v) is 12.6. The first kappa shape index (κ1) is 101. The molecule has 0 aliphatic heterocycles. The van der Waals surface area contributed by atoms with Crippen molar-refractivity contribution in [2.45, 2.75) is 360 Å². The standard InChI is InChI=1S/C87H150O16P2/c1-4-7-10-13-16-19-22-25-28-30-32-34-36-38-39-40-41-43-45-46-48-50-53-55-58-61-64-67-70-73-85(90)97-76-82(88)77-99-104(93,94)100-78-83(89)79-101-105(95,96)102-81-84(103-87(92)75-72-69-66-63-60-57-52-27-24-21-18-15-12-9-6-3)80-98-86(91)74-71-68-65-62-59-56-54-51-49-47-44-42-37-35-33-31-29-26-23-20-17-14-11-8-5-2/h8,11,16-17,19-20,25-29,32-35,38-39,42,44,49,51-52,82-84,88-89H,4-7,9-10,12-15,18,21-24,30-31,36-37,40-41,43,45-48,50,53-81H2,1-3H3,(H,93,94)(H,95,96)/b11-8-,19-16-,20-17-,28-25-,29-26-,34-32-,35-33-,39-38-,44-42-,51-49-,52-27-. The number of rotatable bonds is 78. The molecule has 0 rings (SSSR count). The minimum atomic E-state index is -4.94. The van der Waals surface area contributed by atoms with Crippen LogP contribution < -0.4 is 0 Å². The lowest BCUT2D eigenvalue weighted by Gasteiger charge is -2.21. The lowest BCUT2D eigenvalue weighted by atomic mass is 10.0. The predicted molar refractivity (Wildman–Crippen MR) is 436 cm³/mol. The van der Waals surface area contributed by atoms with Gasteiger partial charge in [-0.3, -0.25) is 32.5 Å². The van der Waals surface area contributed by atoms with Crippen LogP contribution in [0.3, 0.4) is 0 Å². The average molecular weight is 1510 g/mol. The van der Waals surface area contributed by atoms with Crippen LogP contribution in [0.15, 0.2) is 134 Å². The number of hydrogen-bond acceptors (Lipinski definition) is 14. The van der Waals surface area contributed by atoms with Crippen molar-refractivity contribution >= 4 is 33.6 Å². The number of ether oxygens (including phenoxy) is 3. The Kier molecular flexibility index (Phi) is 76.0. The highest BCUT2D eigenvalue weighted by Crippen LogP contribution is 2.45. The van der Waals surface area contributed by atoms with Gasteiger partial charge in [0.1, 0.15) is 25.4 Å². The van der Waals surface area contributed by atoms with Crippen molar-refractivity contribution in [1.82, 2.24) is 0 Å². The van der Waals surface area contributed by atoms with E-state index in [0.717, 1.165) is 161 Å². The molecule has 0 amide bonds. The minimum Gasteiger partial charge on any atom is -0.463 e. The molecule has 18 heteroatoms. The number of phosphoric ester groups is 2. The molecule has 0 aliphatic rings. The highest BCUT2D eigenvalue weighted by atomic mass is 31.2. The van der Waals surface area contributed by atoms with E-state index in [2.05, 4.69) is 154 Å². The number of allylic oxidation sites excluding steroid dienone is 22. The number of hydrogen-bond donors (Lipinski definition) is 4. The lowest BCUT2D eigenvalue weighted by molar-refractivity contribution is -0.161. The van der Waals surface area contributed by atoms with Crippen LogP contribution in [0.25, 0.3) is 0 Å². The van der Waals surface area contributed by atoms with E-state index in [4.69, 9.17) is 32.3 Å². The van der Waals surface area contributed by atoms with Crippen LogP contribution in [0.4, 0.5) is 0 Å². The first-order valence-electron chi connectivity index (χ1n) is 41.5. The van der Waals surface area contributed by atoms with Gasteiger partial charge in [0, 0.05) is 19.3 Å². The molecule has 0 aromatic carbocycles. The molecule has 4 N–H and O–H groups in total. The Morgan fingerprint density at radius 1 is 0.276 bits per heavy atom. The summed E-state index contributed by atoms with van der Waals surface area (Å²) in [6.45, 7) is 2.53. The van der Waals surface area contributed by atoms with Crippen molar-refractivity contribution in [3.05, 3.63) is 134 Å². The Bertz CT molecular complexity index is 2440. The van der Waals surface area contributed by atoms with Crippen LogP contribution in [0, 0.1) is 0 Å². The van der Waals surface area contributed by atoms with Crippen molar-refractivity contribution in [3.63, 3.8) is 0 Å². The third kappa shape index (κ3) is 80.5. The summed E-state index contributed by atoms with van der Waals surface area (Å²) in [7, 11) is -9.80. The molecule has 0 saturated heterocycles. The van der Waals surface area contributed by atoms with Gasteiger partial charge in [0.15, 0.2) is 6.10 Å². The number of phosphoric acid groups is 2. The van der Waals surface area contributed by atoms with Crippen molar-refractivity contribution in [2.24, 2.45) is 0 Å². The van der Waals surface area contributed by atoms with E-state index < -0.39 is 91.5 Å². The van der Waals surface area contributed by atoms with Crippen LogP contribution >= 0.6 is 15.6 Å². The fraction of sp³-hybridized carbons (Fsp3) is 0.713. The Labute approximate surface area is 639 Å². The average Bonchev–Trinajstić information content (AvgIpc) is 1.01. The molecule has 16 nitrogen and oxygen atoms in total. The summed E-state index contributed by atoms with van der Waals surface area (Å²) in [5, 5.41) is 20.7. The SMILES string of the molecule is CC/C=C\C/C=C\C/C=C\C/C=C\C/C=C\C/C=C\CCCCCCCCC(=O)OCC(COP(=O)(O)OCC(O)COP(=O)(O)OCC(O)COC(=O)CCCCCCCCCCCCCCC/C=C\C/C=C\C/C=C\C/C=C\CCCCC)OC(=O)CCCCCCC/C=C\CCCCCCCC. The summed E-state index contributed by atoms with van der Waals surface area (Å²) >= 11 is 0. The van der Waals surface area contributed by atoms with E-state index in [1.807, 2.05) is 0 Å². The second-order valence-corrected chi connectivity index (χ2v) is 30.4. The van der Waals surface area contributed by atoms with Gasteiger partial charge in [-0.05, 0) is 141 Å². The van der Waals surface area contributed by atoms with Crippen molar-refractivity contribution < 1.29 is 75.8 Å². The van der Waals surface area contributed by atoms with Gasteiger partial charge in [0.2, 0.25) is 0 Å². The molecule has 604 valence electrons. The molecule has 0 aliphatic carbocycles. The molecule has 0 heterocycles. The second kappa shape index (κ2) is 79.2. The molecule has 0 radical (unpaired) electrons. The molecule has 5 unspecified atom stereocenters. The second-order valence-electron chi connectivity index (χ2n) is 27.5. The number of unbranched alkanes of at least 4 members (excludes halogenated alkanes) is 33. The van der Waals surface area contributed by atoms with Crippen LogP contribution in [0.5, 0.6) is 0 Å². The lowest BCUT2D eigenvalue weighted by Crippen LogP contribution is -2.30. The summed E-state index contributed by atoms with van der Waals surface area (Å²) < 4.78 is 61.2. The summed E-state index contributed by atoms with van der Waals surface area (Å²) in [5.74, 6) is -1.60. The molecule has 0 aromatic rings. The van der Waals surface area contributed by atoms with Gasteiger partial charge in [-0.25, -0.2) is 9.13 Å². The topological polar surface area (TPSA) is 231 Å². The van der Waals surface area contributed by atoms with Crippen molar-refractivity contribution in [3.8, 4) is 0 Å². The van der Waals surface area contributed by atoms with Gasteiger partial charge in [-0.1, -0.05) is 315 Å². The minimum absolute atomic E-state index is 0.0888. The van der Waals surface area contributed by atoms with Crippen molar-refractivity contribution in [1.29, 1.82) is 0 Å². The Morgan fingerprint density at radius 2 is 0.505 bits per heavy atom. The normalized spacial score (nSPS) is 14.6. The summed E-state index contributed by atoms with van der Waals surface area (Å²) in [5.41, 5.74) is 0. The van der Waals surface area contributed by atoms with E-state index in [1.54, 1.807) is 0 Å². The van der Waals surface area contributed by atoms with Crippen LogP contribution in [-0.4, -0.2) is 95.9 Å². The molecule has 0 fully saturated rings. The zero-order valence-electron chi connectivity index (χ0n) is 66.1. The summed E-state index contributed by atoms with van der Waals surface area (Å²) in [6, 6.07) is 0. The maximum absolute atomic E-state index is 13.0. The highest BCUT2D eigenvalue weighted by molar-refractivity contribution is 7.47. The summed E-state index contributed by atoms with van der Waals surface area (Å²) in [6.07, 6.45) is 96.4. The molecule has 0 spiro atoms. The van der Waals surface area contributed by atoms with Gasteiger partial charge in [0.25, 0.3) is 0 Å². The van der Waals surface area contributed by atoms with E-state index in [9.17, 15) is 43.5 Å². The third-order valence-corrected chi connectivity index (χ3v) is 19.2. The highest BCUT2D eigenvalue weighted by Gasteiger charge is 2.29. The zero-order chi connectivity index (χ0) is 76.6. The molecular weight excluding hydrogens is 1360 g/mol. The molecule has 5 atom stereocenters. The van der Waals surface area contributed by atoms with Gasteiger partial charge in [0.05, 0.1) is 26.4 Å². The first-order chi connectivity index (χ1) is 51.2.